The zero-order valence-electron chi connectivity index (χ0n) is 28.3. The first-order valence-corrected chi connectivity index (χ1v) is 16.9. The lowest BCUT2D eigenvalue weighted by Gasteiger charge is -2.31. The molecule has 0 bridgehead atoms. The number of hydrogen-bond acceptors (Lipinski definition) is 10. The van der Waals surface area contributed by atoms with Crippen molar-refractivity contribution in [3.8, 4) is 28.3 Å². The SMILES string of the molecule is COc1nc(-c2cccc(-c3cccc(Nc4nc(C(F)F)nc5c4c(=O)n(C)c(=O)n5C)c3C)c2Cl)cc2c1C(NC1CCOCC1O)CC2. The number of hydrogen-bond donors (Lipinski definition) is 3. The molecule has 0 radical (unpaired) electrons. The summed E-state index contributed by atoms with van der Waals surface area (Å²) in [5.74, 6) is -0.481. The number of anilines is 2. The standard InChI is InChI=1S/C36H36ClF2N7O5/c1-17-19(7-6-10-22(17)41-31-28-33(44-32(43-31)30(38)39)45(2)36(49)46(3)35(28)48)20-8-5-9-21(29(20)37)25-15-18-11-12-24(27(18)34(42-25)50-4)40-23-13-14-51-16-26(23)47/h5-10,15,23-24,26,30,40,47H,11-14,16H2,1-4H3,(H,41,43,44). The highest BCUT2D eigenvalue weighted by Crippen LogP contribution is 2.43. The van der Waals surface area contributed by atoms with Gasteiger partial charge >= 0.3 is 5.69 Å². The van der Waals surface area contributed by atoms with Crippen LogP contribution in [0.2, 0.25) is 5.02 Å². The summed E-state index contributed by atoms with van der Waals surface area (Å²) in [5.41, 5.74) is 4.39. The molecule has 3 atom stereocenters. The summed E-state index contributed by atoms with van der Waals surface area (Å²) in [6, 6.07) is 13.0. The van der Waals surface area contributed by atoms with Gasteiger partial charge in [0.1, 0.15) is 11.2 Å². The van der Waals surface area contributed by atoms with Crippen LogP contribution in [0, 0.1) is 6.92 Å². The predicted molar refractivity (Wildman–Crippen MR) is 189 cm³/mol. The Kier molecular flexibility index (Phi) is 9.35. The fraction of sp³-hybridized carbons (Fsp3) is 0.361. The molecule has 3 N–H and O–H groups in total. The molecule has 3 aromatic heterocycles. The van der Waals surface area contributed by atoms with Crippen LogP contribution in [0.25, 0.3) is 33.4 Å². The van der Waals surface area contributed by atoms with Crippen molar-refractivity contribution >= 4 is 34.1 Å². The van der Waals surface area contributed by atoms with Gasteiger partial charge in [0.2, 0.25) is 5.88 Å². The number of aliphatic hydroxyl groups excluding tert-OH is 1. The second-order valence-electron chi connectivity index (χ2n) is 12.8. The van der Waals surface area contributed by atoms with Gasteiger partial charge in [-0.3, -0.25) is 13.9 Å². The molecule has 15 heteroatoms. The second-order valence-corrected chi connectivity index (χ2v) is 13.2. The van der Waals surface area contributed by atoms with Crippen LogP contribution >= 0.6 is 11.6 Å². The molecule has 7 rings (SSSR count). The monoisotopic (exact) mass is 719 g/mol. The number of aryl methyl sites for hydroxylation is 2. The van der Waals surface area contributed by atoms with E-state index in [1.165, 1.54) is 14.1 Å². The number of alkyl halides is 2. The van der Waals surface area contributed by atoms with E-state index in [0.29, 0.717) is 58.6 Å². The van der Waals surface area contributed by atoms with E-state index < -0.39 is 29.6 Å². The lowest BCUT2D eigenvalue weighted by molar-refractivity contribution is -0.0304. The number of nitrogens with one attached hydrogen (secondary N) is 2. The summed E-state index contributed by atoms with van der Waals surface area (Å²) in [4.78, 5) is 38.5. The Balaban J connectivity index is 1.26. The zero-order valence-corrected chi connectivity index (χ0v) is 29.1. The molecular weight excluding hydrogens is 684 g/mol. The molecule has 1 aliphatic heterocycles. The molecule has 2 aromatic carbocycles. The van der Waals surface area contributed by atoms with E-state index >= 15 is 0 Å². The van der Waals surface area contributed by atoms with Gasteiger partial charge in [-0.25, -0.2) is 28.5 Å². The molecule has 1 saturated heterocycles. The van der Waals surface area contributed by atoms with Crippen LogP contribution in [0.1, 0.15) is 47.8 Å². The van der Waals surface area contributed by atoms with Gasteiger partial charge in [-0.1, -0.05) is 41.9 Å². The van der Waals surface area contributed by atoms with Crippen molar-refractivity contribution in [2.24, 2.45) is 14.1 Å². The quantitative estimate of drug-likeness (QED) is 0.197. The van der Waals surface area contributed by atoms with Crippen molar-refractivity contribution in [2.45, 2.75) is 50.8 Å². The van der Waals surface area contributed by atoms with Gasteiger partial charge in [0.15, 0.2) is 11.5 Å². The topological polar surface area (TPSA) is 145 Å². The number of nitrogens with zero attached hydrogens (tertiary/aromatic N) is 5. The van der Waals surface area contributed by atoms with Crippen LogP contribution in [-0.2, 0) is 25.3 Å². The lowest BCUT2D eigenvalue weighted by atomic mass is 9.96. The van der Waals surface area contributed by atoms with Gasteiger partial charge in [-0.15, -0.1) is 0 Å². The molecule has 1 fully saturated rings. The Hall–Kier alpha value is -4.76. The van der Waals surface area contributed by atoms with Crippen LogP contribution in [0.3, 0.4) is 0 Å². The van der Waals surface area contributed by atoms with Gasteiger partial charge < -0.3 is 25.2 Å². The third-order valence-electron chi connectivity index (χ3n) is 9.76. The highest BCUT2D eigenvalue weighted by molar-refractivity contribution is 6.36. The molecular formula is C36H36ClF2N7O5. The van der Waals surface area contributed by atoms with E-state index in [1.807, 2.05) is 37.3 Å². The average Bonchev–Trinajstić information content (AvgIpc) is 3.53. The summed E-state index contributed by atoms with van der Waals surface area (Å²) in [5, 5.41) is 17.5. The summed E-state index contributed by atoms with van der Waals surface area (Å²) in [6.07, 6.45) is -1.29. The first kappa shape index (κ1) is 34.7. The summed E-state index contributed by atoms with van der Waals surface area (Å²) in [7, 11) is 4.25. The minimum absolute atomic E-state index is 0.0252. The Morgan fingerprint density at radius 1 is 1.04 bits per heavy atom. The van der Waals surface area contributed by atoms with Crippen LogP contribution < -0.4 is 26.6 Å². The Morgan fingerprint density at radius 2 is 1.78 bits per heavy atom. The van der Waals surface area contributed by atoms with Crippen LogP contribution in [0.4, 0.5) is 20.3 Å². The van der Waals surface area contributed by atoms with Crippen molar-refractivity contribution in [3.05, 3.63) is 90.8 Å². The molecule has 2 aliphatic rings. The number of rotatable bonds is 8. The Bertz CT molecular complexity index is 2300. The van der Waals surface area contributed by atoms with Crippen LogP contribution in [-0.4, -0.2) is 61.7 Å². The van der Waals surface area contributed by atoms with E-state index in [4.69, 9.17) is 26.1 Å². The third kappa shape index (κ3) is 6.15. The zero-order chi connectivity index (χ0) is 36.1. The summed E-state index contributed by atoms with van der Waals surface area (Å²) < 4.78 is 40.9. The number of fused-ring (bicyclic) bond motifs is 2. The first-order valence-electron chi connectivity index (χ1n) is 16.5. The number of aliphatic hydroxyl groups is 1. The Labute approximate surface area is 296 Å². The van der Waals surface area contributed by atoms with Gasteiger partial charge in [-0.2, -0.15) is 0 Å². The molecule has 5 aromatic rings. The number of methoxy groups -OCH3 is 1. The first-order chi connectivity index (χ1) is 24.5. The molecule has 0 saturated carbocycles. The number of benzene rings is 2. The smallest absolute Gasteiger partial charge is 0.332 e. The molecule has 266 valence electrons. The van der Waals surface area contributed by atoms with Crippen LogP contribution in [0.5, 0.6) is 5.88 Å². The van der Waals surface area contributed by atoms with Crippen molar-refractivity contribution in [2.75, 3.05) is 25.6 Å². The van der Waals surface area contributed by atoms with E-state index in [-0.39, 0.29) is 28.9 Å². The largest absolute Gasteiger partial charge is 0.481 e. The fourth-order valence-corrected chi connectivity index (χ4v) is 7.36. The van der Waals surface area contributed by atoms with Crippen molar-refractivity contribution in [3.63, 3.8) is 0 Å². The van der Waals surface area contributed by atoms with E-state index in [2.05, 4.69) is 20.6 Å². The van der Waals surface area contributed by atoms with Crippen molar-refractivity contribution in [1.82, 2.24) is 29.4 Å². The van der Waals surface area contributed by atoms with Gasteiger partial charge in [0.05, 0.1) is 30.5 Å². The normalized spacial score (nSPS) is 18.7. The lowest BCUT2D eigenvalue weighted by Crippen LogP contribution is -2.47. The minimum atomic E-state index is -3.04. The Morgan fingerprint density at radius 3 is 2.53 bits per heavy atom. The maximum atomic E-state index is 13.9. The summed E-state index contributed by atoms with van der Waals surface area (Å²) >= 11 is 7.15. The number of pyridine rings is 1. The molecule has 12 nitrogen and oxygen atoms in total. The molecule has 3 unspecified atom stereocenters. The van der Waals surface area contributed by atoms with Gasteiger partial charge in [0, 0.05) is 55.2 Å². The highest BCUT2D eigenvalue weighted by atomic mass is 35.5. The second kappa shape index (κ2) is 13.8. The van der Waals surface area contributed by atoms with Gasteiger partial charge in [0.25, 0.3) is 12.0 Å². The molecule has 51 heavy (non-hydrogen) atoms. The predicted octanol–water partition coefficient (Wildman–Crippen LogP) is 5.13. The van der Waals surface area contributed by atoms with Crippen molar-refractivity contribution < 1.29 is 23.4 Å². The van der Waals surface area contributed by atoms with E-state index in [1.54, 1.807) is 19.2 Å². The third-order valence-corrected chi connectivity index (χ3v) is 10.2. The van der Waals surface area contributed by atoms with E-state index in [9.17, 15) is 23.5 Å². The average molecular weight is 720 g/mol. The van der Waals surface area contributed by atoms with E-state index in [0.717, 1.165) is 38.7 Å². The van der Waals surface area contributed by atoms with Crippen molar-refractivity contribution in [1.29, 1.82) is 0 Å². The molecule has 4 heterocycles. The minimum Gasteiger partial charge on any atom is -0.481 e. The highest BCUT2D eigenvalue weighted by Gasteiger charge is 2.33. The molecule has 1 aliphatic carbocycles. The number of halogens is 3. The maximum absolute atomic E-state index is 13.9. The molecule has 0 spiro atoms. The van der Waals surface area contributed by atoms with Gasteiger partial charge in [-0.05, 0) is 55.0 Å². The van der Waals surface area contributed by atoms with Crippen LogP contribution in [0.15, 0.2) is 52.1 Å². The fourth-order valence-electron chi connectivity index (χ4n) is 7.03. The number of ether oxygens (including phenoxy) is 2. The maximum Gasteiger partial charge on any atom is 0.332 e. The number of aromatic nitrogens is 5. The summed E-state index contributed by atoms with van der Waals surface area (Å²) in [6.45, 7) is 2.73. The molecule has 0 amide bonds.